The summed E-state index contributed by atoms with van der Waals surface area (Å²) < 4.78 is 4.86. The van der Waals surface area contributed by atoms with E-state index in [4.69, 9.17) is 0 Å². The highest BCUT2D eigenvalue weighted by atomic mass is 15.0. The van der Waals surface area contributed by atoms with Gasteiger partial charge in [-0.2, -0.15) is 0 Å². The molecule has 0 radical (unpaired) electrons. The standard InChI is InChI=1S/C52H32N2/c1-3-14-33(15-4-1)34-16-11-19-37(30-34)54-46-25-10-9-21-39(46)44-31-35(28-29-47(44)54)43-32-45-41-23-12-26-48-51(41)52-42(50(45)40-22-8-7-20-38(40)43)24-13-27-49(52)53(48)36-17-5-2-6-18-36/h1-32H. The number of para-hydroxylation sites is 2. The van der Waals surface area contributed by atoms with Crippen LogP contribution in [-0.4, -0.2) is 9.13 Å². The largest absolute Gasteiger partial charge is 0.309 e. The van der Waals surface area contributed by atoms with E-state index in [1.807, 2.05) is 0 Å². The normalized spacial score (nSPS) is 12.1. The van der Waals surface area contributed by atoms with Crippen molar-refractivity contribution in [3.8, 4) is 33.6 Å². The average Bonchev–Trinajstić information content (AvgIpc) is 3.77. The Hall–Kier alpha value is -7.16. The van der Waals surface area contributed by atoms with E-state index in [0.29, 0.717) is 0 Å². The second-order valence-corrected chi connectivity index (χ2v) is 14.5. The molecule has 0 amide bonds. The number of fused-ring (bicyclic) bond motifs is 8. The lowest BCUT2D eigenvalue weighted by atomic mass is 9.87. The first-order valence-corrected chi connectivity index (χ1v) is 18.7. The summed E-state index contributed by atoms with van der Waals surface area (Å²) in [6.07, 6.45) is 0. The van der Waals surface area contributed by atoms with E-state index in [2.05, 4.69) is 203 Å². The minimum atomic E-state index is 1.16. The fourth-order valence-electron chi connectivity index (χ4n) is 9.39. The lowest BCUT2D eigenvalue weighted by Gasteiger charge is -2.16. The second-order valence-electron chi connectivity index (χ2n) is 14.5. The monoisotopic (exact) mass is 684 g/mol. The van der Waals surface area contributed by atoms with Gasteiger partial charge in [-0.3, -0.25) is 0 Å². The van der Waals surface area contributed by atoms with Gasteiger partial charge in [0.05, 0.1) is 22.1 Å². The molecule has 0 atom stereocenters. The summed E-state index contributed by atoms with van der Waals surface area (Å²) in [4.78, 5) is 0. The van der Waals surface area contributed by atoms with Crippen molar-refractivity contribution in [2.45, 2.75) is 0 Å². The predicted molar refractivity (Wildman–Crippen MR) is 230 cm³/mol. The molecule has 2 heteroatoms. The highest BCUT2D eigenvalue weighted by Crippen LogP contribution is 2.48. The van der Waals surface area contributed by atoms with Crippen molar-refractivity contribution in [3.05, 3.63) is 194 Å². The van der Waals surface area contributed by atoms with Crippen LogP contribution in [-0.2, 0) is 0 Å². The minimum Gasteiger partial charge on any atom is -0.309 e. The van der Waals surface area contributed by atoms with Gasteiger partial charge in [0, 0.05) is 32.9 Å². The van der Waals surface area contributed by atoms with Crippen molar-refractivity contribution in [1.29, 1.82) is 0 Å². The topological polar surface area (TPSA) is 9.86 Å². The summed E-state index contributed by atoms with van der Waals surface area (Å²) >= 11 is 0. The molecule has 0 saturated carbocycles. The van der Waals surface area contributed by atoms with Crippen LogP contribution in [0.1, 0.15) is 0 Å². The molecule has 0 spiro atoms. The fraction of sp³-hybridized carbons (Fsp3) is 0. The summed E-state index contributed by atoms with van der Waals surface area (Å²) in [6.45, 7) is 0. The van der Waals surface area contributed by atoms with Crippen LogP contribution in [0.3, 0.4) is 0 Å². The molecule has 54 heavy (non-hydrogen) atoms. The van der Waals surface area contributed by atoms with Gasteiger partial charge < -0.3 is 9.13 Å². The van der Waals surface area contributed by atoms with E-state index in [9.17, 15) is 0 Å². The minimum absolute atomic E-state index is 1.16. The van der Waals surface area contributed by atoms with Gasteiger partial charge in [0.2, 0.25) is 0 Å². The highest BCUT2D eigenvalue weighted by molar-refractivity contribution is 6.39. The smallest absolute Gasteiger partial charge is 0.0547 e. The van der Waals surface area contributed by atoms with Crippen molar-refractivity contribution < 1.29 is 0 Å². The molecule has 0 saturated heterocycles. The molecular formula is C52H32N2. The Labute approximate surface area is 311 Å². The van der Waals surface area contributed by atoms with Gasteiger partial charge in [-0.25, -0.2) is 0 Å². The van der Waals surface area contributed by atoms with Crippen LogP contribution in [0.15, 0.2) is 194 Å². The van der Waals surface area contributed by atoms with Crippen LogP contribution in [0.2, 0.25) is 0 Å². The van der Waals surface area contributed by atoms with Crippen LogP contribution in [0.25, 0.3) is 110 Å². The quantitative estimate of drug-likeness (QED) is 0.163. The van der Waals surface area contributed by atoms with Gasteiger partial charge in [-0.05, 0) is 115 Å². The number of benzene rings is 10. The number of rotatable bonds is 4. The molecule has 0 bridgehead atoms. The molecule has 0 fully saturated rings. The fourth-order valence-corrected chi connectivity index (χ4v) is 9.39. The third-order valence-corrected chi connectivity index (χ3v) is 11.6. The predicted octanol–water partition coefficient (Wildman–Crippen LogP) is 14.1. The number of hydrogen-bond donors (Lipinski definition) is 0. The zero-order valence-corrected chi connectivity index (χ0v) is 29.4. The van der Waals surface area contributed by atoms with E-state index >= 15 is 0 Å². The highest BCUT2D eigenvalue weighted by Gasteiger charge is 2.22. The van der Waals surface area contributed by atoms with Gasteiger partial charge in [-0.15, -0.1) is 0 Å². The zero-order valence-electron chi connectivity index (χ0n) is 29.4. The first kappa shape index (κ1) is 29.4. The van der Waals surface area contributed by atoms with E-state index in [1.54, 1.807) is 0 Å². The molecule has 0 unspecified atom stereocenters. The maximum atomic E-state index is 2.47. The van der Waals surface area contributed by atoms with Crippen molar-refractivity contribution in [1.82, 2.24) is 9.13 Å². The van der Waals surface area contributed by atoms with Crippen molar-refractivity contribution >= 4 is 75.9 Å². The van der Waals surface area contributed by atoms with E-state index in [0.717, 1.165) is 5.69 Å². The van der Waals surface area contributed by atoms with Gasteiger partial charge in [0.1, 0.15) is 0 Å². The average molecular weight is 685 g/mol. The lowest BCUT2D eigenvalue weighted by Crippen LogP contribution is -1.94. The molecule has 250 valence electrons. The Kier molecular flexibility index (Phi) is 6.09. The van der Waals surface area contributed by atoms with Gasteiger partial charge in [0.15, 0.2) is 0 Å². The molecule has 0 aliphatic carbocycles. The lowest BCUT2D eigenvalue weighted by molar-refractivity contribution is 1.18. The van der Waals surface area contributed by atoms with Crippen LogP contribution in [0.5, 0.6) is 0 Å². The van der Waals surface area contributed by atoms with E-state index < -0.39 is 0 Å². The molecule has 0 N–H and O–H groups in total. The van der Waals surface area contributed by atoms with Crippen LogP contribution < -0.4 is 0 Å². The van der Waals surface area contributed by atoms with Gasteiger partial charge >= 0.3 is 0 Å². The Morgan fingerprint density at radius 1 is 0.241 bits per heavy atom. The summed E-state index contributed by atoms with van der Waals surface area (Å²) in [7, 11) is 0. The van der Waals surface area contributed by atoms with E-state index in [1.165, 1.54) is 104 Å². The third-order valence-electron chi connectivity index (χ3n) is 11.6. The molecule has 2 heterocycles. The van der Waals surface area contributed by atoms with Crippen molar-refractivity contribution in [3.63, 3.8) is 0 Å². The number of aromatic nitrogens is 2. The summed E-state index contributed by atoms with van der Waals surface area (Å²) in [5.41, 5.74) is 12.2. The Bertz CT molecular complexity index is 3420. The third kappa shape index (κ3) is 4.05. The molecule has 0 aliphatic rings. The van der Waals surface area contributed by atoms with Gasteiger partial charge in [0.25, 0.3) is 0 Å². The number of nitrogens with zero attached hydrogens (tertiary/aromatic N) is 2. The molecule has 2 nitrogen and oxygen atoms in total. The van der Waals surface area contributed by atoms with Crippen molar-refractivity contribution in [2.75, 3.05) is 0 Å². The van der Waals surface area contributed by atoms with Crippen molar-refractivity contribution in [2.24, 2.45) is 0 Å². The molecular weight excluding hydrogens is 653 g/mol. The summed E-state index contributed by atoms with van der Waals surface area (Å²) in [6, 6.07) is 71.4. The first-order chi connectivity index (χ1) is 26.8. The summed E-state index contributed by atoms with van der Waals surface area (Å²) in [5.74, 6) is 0. The molecule has 0 aliphatic heterocycles. The second kappa shape index (κ2) is 11.2. The van der Waals surface area contributed by atoms with Crippen LogP contribution in [0.4, 0.5) is 0 Å². The molecule has 12 aromatic rings. The Morgan fingerprint density at radius 3 is 1.59 bits per heavy atom. The van der Waals surface area contributed by atoms with Gasteiger partial charge in [-0.1, -0.05) is 133 Å². The maximum Gasteiger partial charge on any atom is 0.0547 e. The SMILES string of the molecule is c1ccc(-c2cccc(-n3c4ccccc4c4cc(-c5cc6c7cccc8c7c7c(cccc7n8-c7ccccc7)c6c6ccccc56)ccc43)c2)cc1. The Balaban J connectivity index is 1.14. The zero-order chi connectivity index (χ0) is 35.3. The molecule has 12 rings (SSSR count). The molecule has 10 aromatic carbocycles. The van der Waals surface area contributed by atoms with E-state index in [-0.39, 0.29) is 0 Å². The molecule has 2 aromatic heterocycles. The summed E-state index contributed by atoms with van der Waals surface area (Å²) in [5, 5.41) is 12.9. The maximum absolute atomic E-state index is 2.47. The first-order valence-electron chi connectivity index (χ1n) is 18.7. The number of hydrogen-bond acceptors (Lipinski definition) is 0. The van der Waals surface area contributed by atoms with Crippen LogP contribution >= 0.6 is 0 Å². The van der Waals surface area contributed by atoms with Crippen LogP contribution in [0, 0.1) is 0 Å². The Morgan fingerprint density at radius 2 is 0.778 bits per heavy atom.